The van der Waals surface area contributed by atoms with Crippen LogP contribution in [0.1, 0.15) is 26.3 Å². The molecular weight excluding hydrogens is 609 g/mol. The predicted molar refractivity (Wildman–Crippen MR) is 215 cm³/mol. The summed E-state index contributed by atoms with van der Waals surface area (Å²) in [6, 6.07) is 60.4. The van der Waals surface area contributed by atoms with Crippen LogP contribution in [0.15, 0.2) is 164 Å². The van der Waals surface area contributed by atoms with E-state index >= 15 is 0 Å². The summed E-state index contributed by atoms with van der Waals surface area (Å²) in [6.45, 7) is 6.94. The summed E-state index contributed by atoms with van der Waals surface area (Å²) < 4.78 is 2.76. The largest absolute Gasteiger partial charge is 0.134 e. The third-order valence-corrected chi connectivity index (χ3v) is 11.3. The standard InChI is InChI=1S/C48H36S/c1-48(2,3)43-26-14-25-41-40-24-13-23-36(46(40)49-47(41)43)35-20-12-19-33(29-35)34-27-28-39-42(30-34)45(32-17-8-5-9-18-32)38-22-11-10-21-37(38)44(39)31-15-6-4-7-16-31/h4-30H,1-3H3. The molecule has 0 bridgehead atoms. The Hall–Kier alpha value is -5.50. The minimum atomic E-state index is 0.0842. The molecule has 0 amide bonds. The molecule has 0 aliphatic rings. The minimum Gasteiger partial charge on any atom is -0.134 e. The number of hydrogen-bond donors (Lipinski definition) is 0. The van der Waals surface area contributed by atoms with Crippen molar-refractivity contribution in [1.82, 2.24) is 0 Å². The van der Waals surface area contributed by atoms with Gasteiger partial charge in [0.25, 0.3) is 0 Å². The molecule has 1 heterocycles. The number of hydrogen-bond acceptors (Lipinski definition) is 1. The maximum atomic E-state index is 2.42. The van der Waals surface area contributed by atoms with Crippen molar-refractivity contribution in [2.75, 3.05) is 0 Å². The molecule has 0 fully saturated rings. The summed E-state index contributed by atoms with van der Waals surface area (Å²) >= 11 is 1.94. The van der Waals surface area contributed by atoms with E-state index in [0.29, 0.717) is 0 Å². The molecule has 0 saturated heterocycles. The fourth-order valence-corrected chi connectivity index (χ4v) is 9.25. The lowest BCUT2D eigenvalue weighted by molar-refractivity contribution is 0.597. The van der Waals surface area contributed by atoms with Gasteiger partial charge in [-0.05, 0) is 89.2 Å². The van der Waals surface area contributed by atoms with Crippen LogP contribution in [0.5, 0.6) is 0 Å². The van der Waals surface area contributed by atoms with Crippen molar-refractivity contribution in [3.63, 3.8) is 0 Å². The maximum Gasteiger partial charge on any atom is 0.0433 e. The summed E-state index contributed by atoms with van der Waals surface area (Å²) in [6.07, 6.45) is 0. The van der Waals surface area contributed by atoms with Crippen LogP contribution >= 0.6 is 11.3 Å². The molecule has 8 aromatic carbocycles. The molecule has 49 heavy (non-hydrogen) atoms. The average Bonchev–Trinajstić information content (AvgIpc) is 3.53. The summed E-state index contributed by atoms with van der Waals surface area (Å²) in [7, 11) is 0. The van der Waals surface area contributed by atoms with Crippen LogP contribution in [0.3, 0.4) is 0 Å². The van der Waals surface area contributed by atoms with Crippen molar-refractivity contribution in [3.8, 4) is 44.5 Å². The quantitative estimate of drug-likeness (QED) is 0.167. The van der Waals surface area contributed by atoms with Gasteiger partial charge in [0.15, 0.2) is 0 Å². The van der Waals surface area contributed by atoms with E-state index in [2.05, 4.69) is 185 Å². The molecule has 0 saturated carbocycles. The number of fused-ring (bicyclic) bond motifs is 5. The second kappa shape index (κ2) is 11.6. The highest BCUT2D eigenvalue weighted by Crippen LogP contribution is 2.46. The van der Waals surface area contributed by atoms with Gasteiger partial charge in [-0.2, -0.15) is 0 Å². The van der Waals surface area contributed by atoms with Gasteiger partial charge in [0.1, 0.15) is 0 Å². The van der Waals surface area contributed by atoms with Crippen LogP contribution in [-0.2, 0) is 5.41 Å². The van der Waals surface area contributed by atoms with E-state index in [9.17, 15) is 0 Å². The van der Waals surface area contributed by atoms with Crippen molar-refractivity contribution >= 4 is 53.1 Å². The van der Waals surface area contributed by atoms with Gasteiger partial charge in [-0.25, -0.2) is 0 Å². The molecule has 0 aliphatic heterocycles. The zero-order chi connectivity index (χ0) is 33.1. The first-order valence-corrected chi connectivity index (χ1v) is 17.9. The van der Waals surface area contributed by atoms with E-state index in [1.807, 2.05) is 11.3 Å². The molecule has 0 radical (unpaired) electrons. The zero-order valence-corrected chi connectivity index (χ0v) is 28.8. The van der Waals surface area contributed by atoms with Gasteiger partial charge >= 0.3 is 0 Å². The van der Waals surface area contributed by atoms with Gasteiger partial charge in [-0.3, -0.25) is 0 Å². The van der Waals surface area contributed by atoms with E-state index in [0.717, 1.165) is 0 Å². The topological polar surface area (TPSA) is 0 Å². The molecule has 0 spiro atoms. The highest BCUT2D eigenvalue weighted by molar-refractivity contribution is 7.26. The number of benzene rings is 8. The molecule has 0 atom stereocenters. The Morgan fingerprint density at radius 3 is 1.51 bits per heavy atom. The SMILES string of the molecule is CC(C)(C)c1cccc2c1sc1c(-c3cccc(-c4ccc5c(-c6ccccc6)c6ccccc6c(-c6ccccc6)c5c4)c3)cccc12. The Labute approximate surface area is 291 Å². The third kappa shape index (κ3) is 4.96. The Balaban J connectivity index is 1.27. The Bertz CT molecular complexity index is 2670. The normalized spacial score (nSPS) is 12.0. The second-order valence-electron chi connectivity index (χ2n) is 14.1. The Morgan fingerprint density at radius 1 is 0.347 bits per heavy atom. The van der Waals surface area contributed by atoms with Crippen molar-refractivity contribution < 1.29 is 0 Å². The van der Waals surface area contributed by atoms with Crippen molar-refractivity contribution in [3.05, 3.63) is 169 Å². The van der Waals surface area contributed by atoms with Gasteiger partial charge in [0.2, 0.25) is 0 Å². The van der Waals surface area contributed by atoms with E-state index < -0.39 is 0 Å². The van der Waals surface area contributed by atoms with Crippen LogP contribution in [-0.4, -0.2) is 0 Å². The smallest absolute Gasteiger partial charge is 0.0433 e. The first-order chi connectivity index (χ1) is 24.0. The first-order valence-electron chi connectivity index (χ1n) is 17.1. The molecular formula is C48H36S. The summed E-state index contributed by atoms with van der Waals surface area (Å²) in [5.41, 5.74) is 11.5. The molecule has 1 aromatic heterocycles. The van der Waals surface area contributed by atoms with Gasteiger partial charge < -0.3 is 0 Å². The molecule has 0 nitrogen and oxygen atoms in total. The lowest BCUT2D eigenvalue weighted by Gasteiger charge is -2.19. The minimum absolute atomic E-state index is 0.0842. The Morgan fingerprint density at radius 2 is 0.837 bits per heavy atom. The maximum absolute atomic E-state index is 2.42. The molecule has 234 valence electrons. The van der Waals surface area contributed by atoms with Crippen LogP contribution in [0.25, 0.3) is 86.2 Å². The molecule has 1 heteroatoms. The fraction of sp³-hybridized carbons (Fsp3) is 0.0833. The first kappa shape index (κ1) is 29.6. The summed E-state index contributed by atoms with van der Waals surface area (Å²) in [5.74, 6) is 0. The lowest BCUT2D eigenvalue weighted by atomic mass is 9.85. The lowest BCUT2D eigenvalue weighted by Crippen LogP contribution is -2.10. The van der Waals surface area contributed by atoms with E-state index in [1.54, 1.807) is 0 Å². The molecule has 0 N–H and O–H groups in total. The van der Waals surface area contributed by atoms with Crippen LogP contribution < -0.4 is 0 Å². The zero-order valence-electron chi connectivity index (χ0n) is 28.0. The van der Waals surface area contributed by atoms with Gasteiger partial charge in [0, 0.05) is 20.2 Å². The number of rotatable bonds is 4. The van der Waals surface area contributed by atoms with E-state index in [4.69, 9.17) is 0 Å². The molecule has 0 aliphatic carbocycles. The second-order valence-corrected chi connectivity index (χ2v) is 15.1. The monoisotopic (exact) mass is 644 g/mol. The molecule has 9 rings (SSSR count). The Kier molecular flexibility index (Phi) is 7.00. The van der Waals surface area contributed by atoms with Crippen LogP contribution in [0.4, 0.5) is 0 Å². The average molecular weight is 645 g/mol. The van der Waals surface area contributed by atoms with Crippen molar-refractivity contribution in [1.29, 1.82) is 0 Å². The van der Waals surface area contributed by atoms with Gasteiger partial charge in [-0.1, -0.05) is 172 Å². The van der Waals surface area contributed by atoms with Gasteiger partial charge in [0.05, 0.1) is 0 Å². The number of thiophene rings is 1. The van der Waals surface area contributed by atoms with Crippen LogP contribution in [0.2, 0.25) is 0 Å². The highest BCUT2D eigenvalue weighted by Gasteiger charge is 2.21. The van der Waals surface area contributed by atoms with Gasteiger partial charge in [-0.15, -0.1) is 11.3 Å². The summed E-state index contributed by atoms with van der Waals surface area (Å²) in [5, 5.41) is 7.79. The van der Waals surface area contributed by atoms with E-state index in [1.165, 1.54) is 91.8 Å². The van der Waals surface area contributed by atoms with E-state index in [-0.39, 0.29) is 5.41 Å². The summed E-state index contributed by atoms with van der Waals surface area (Å²) in [4.78, 5) is 0. The predicted octanol–water partition coefficient (Wildman–Crippen LogP) is 14.3. The van der Waals surface area contributed by atoms with Crippen molar-refractivity contribution in [2.45, 2.75) is 26.2 Å². The highest BCUT2D eigenvalue weighted by atomic mass is 32.1. The third-order valence-electron chi connectivity index (χ3n) is 9.99. The molecule has 0 unspecified atom stereocenters. The van der Waals surface area contributed by atoms with Crippen LogP contribution in [0, 0.1) is 0 Å². The van der Waals surface area contributed by atoms with Crippen molar-refractivity contribution in [2.24, 2.45) is 0 Å². The molecule has 9 aromatic rings. The fourth-order valence-electron chi connectivity index (χ4n) is 7.69.